The highest BCUT2D eigenvalue weighted by atomic mass is 19.1. The molecule has 0 saturated carbocycles. The summed E-state index contributed by atoms with van der Waals surface area (Å²) in [4.78, 5) is 0. The molecule has 3 heteroatoms. The number of hydrogen-bond donors (Lipinski definition) is 2. The van der Waals surface area contributed by atoms with Gasteiger partial charge < -0.3 is 10.4 Å². The number of aliphatic hydroxyl groups is 1. The molecule has 0 aromatic heterocycles. The lowest BCUT2D eigenvalue weighted by atomic mass is 9.97. The third-order valence-corrected chi connectivity index (χ3v) is 3.45. The number of aliphatic hydroxyl groups excluding tert-OH is 1. The summed E-state index contributed by atoms with van der Waals surface area (Å²) >= 11 is 0. The van der Waals surface area contributed by atoms with Crippen molar-refractivity contribution in [3.63, 3.8) is 0 Å². The van der Waals surface area contributed by atoms with E-state index in [0.29, 0.717) is 5.56 Å². The molecule has 0 bridgehead atoms. The molecule has 1 aromatic carbocycles. The lowest BCUT2D eigenvalue weighted by molar-refractivity contribution is 0.122. The number of nitrogens with one attached hydrogen (secondary N) is 1. The van der Waals surface area contributed by atoms with Crippen molar-refractivity contribution in [3.8, 4) is 0 Å². The van der Waals surface area contributed by atoms with Gasteiger partial charge in [0, 0.05) is 11.6 Å². The van der Waals surface area contributed by atoms with Crippen LogP contribution in [-0.4, -0.2) is 17.7 Å². The van der Waals surface area contributed by atoms with E-state index in [4.69, 9.17) is 0 Å². The summed E-state index contributed by atoms with van der Waals surface area (Å²) in [6, 6.07) is 4.89. The van der Waals surface area contributed by atoms with E-state index in [1.54, 1.807) is 12.1 Å². The third-order valence-electron chi connectivity index (χ3n) is 3.45. The maximum absolute atomic E-state index is 13.7. The van der Waals surface area contributed by atoms with Gasteiger partial charge in [-0.15, -0.1) is 0 Å². The highest BCUT2D eigenvalue weighted by Gasteiger charge is 2.24. The Morgan fingerprint density at radius 3 is 3.00 bits per heavy atom. The van der Waals surface area contributed by atoms with Crippen molar-refractivity contribution in [2.45, 2.75) is 44.8 Å². The second kappa shape index (κ2) is 5.61. The quantitative estimate of drug-likeness (QED) is 0.829. The van der Waals surface area contributed by atoms with Crippen LogP contribution in [0.1, 0.15) is 42.9 Å². The van der Waals surface area contributed by atoms with Crippen LogP contribution in [0.3, 0.4) is 0 Å². The molecule has 17 heavy (non-hydrogen) atoms. The lowest BCUT2D eigenvalue weighted by Gasteiger charge is -2.23. The Bertz CT molecular complexity index is 372. The predicted octanol–water partition coefficient (Wildman–Crippen LogP) is 2.70. The van der Waals surface area contributed by atoms with Gasteiger partial charge >= 0.3 is 0 Å². The minimum atomic E-state index is -0.743. The zero-order valence-corrected chi connectivity index (χ0v) is 10.2. The minimum Gasteiger partial charge on any atom is -0.387 e. The Morgan fingerprint density at radius 2 is 2.18 bits per heavy atom. The third kappa shape index (κ3) is 3.05. The van der Waals surface area contributed by atoms with Gasteiger partial charge in [-0.3, -0.25) is 0 Å². The van der Waals surface area contributed by atoms with Gasteiger partial charge in [0.05, 0.1) is 6.10 Å². The first-order valence-electron chi connectivity index (χ1n) is 6.36. The normalized spacial score (nSPS) is 23.1. The van der Waals surface area contributed by atoms with E-state index in [1.165, 1.54) is 12.5 Å². The first kappa shape index (κ1) is 12.5. The van der Waals surface area contributed by atoms with Crippen LogP contribution in [0, 0.1) is 12.7 Å². The van der Waals surface area contributed by atoms with Crippen molar-refractivity contribution in [2.24, 2.45) is 0 Å². The number of rotatable bonds is 2. The van der Waals surface area contributed by atoms with Crippen LogP contribution in [0.2, 0.25) is 0 Å². The summed E-state index contributed by atoms with van der Waals surface area (Å²) in [6.07, 6.45) is 3.59. The summed E-state index contributed by atoms with van der Waals surface area (Å²) in [7, 11) is 0. The number of hydrogen-bond acceptors (Lipinski definition) is 2. The smallest absolute Gasteiger partial charge is 0.129 e. The summed E-state index contributed by atoms with van der Waals surface area (Å²) in [5, 5.41) is 13.6. The van der Waals surface area contributed by atoms with Crippen LogP contribution in [0.5, 0.6) is 0 Å². The molecule has 1 aliphatic heterocycles. The fourth-order valence-corrected chi connectivity index (χ4v) is 2.43. The fraction of sp³-hybridized carbons (Fsp3) is 0.571. The number of aryl methyl sites for hydroxylation is 1. The maximum atomic E-state index is 13.7. The van der Waals surface area contributed by atoms with Crippen molar-refractivity contribution in [1.82, 2.24) is 5.32 Å². The van der Waals surface area contributed by atoms with Gasteiger partial charge in [0.2, 0.25) is 0 Å². The first-order chi connectivity index (χ1) is 8.18. The topological polar surface area (TPSA) is 32.3 Å². The van der Waals surface area contributed by atoms with Gasteiger partial charge in [-0.25, -0.2) is 4.39 Å². The molecule has 0 amide bonds. The highest BCUT2D eigenvalue weighted by molar-refractivity contribution is 5.26. The van der Waals surface area contributed by atoms with E-state index < -0.39 is 6.10 Å². The molecule has 2 nitrogen and oxygen atoms in total. The Balaban J connectivity index is 2.16. The Hall–Kier alpha value is -0.930. The van der Waals surface area contributed by atoms with E-state index in [9.17, 15) is 9.50 Å². The summed E-state index contributed by atoms with van der Waals surface area (Å²) in [5.41, 5.74) is 1.40. The number of halogens is 1. The lowest BCUT2D eigenvalue weighted by Crippen LogP contribution is -2.34. The molecule has 2 rings (SSSR count). The molecule has 2 unspecified atom stereocenters. The van der Waals surface area contributed by atoms with E-state index in [1.807, 2.05) is 6.92 Å². The molecule has 1 aliphatic rings. The summed E-state index contributed by atoms with van der Waals surface area (Å²) in [5.74, 6) is -0.311. The monoisotopic (exact) mass is 237 g/mol. The Kier molecular flexibility index (Phi) is 4.13. The maximum Gasteiger partial charge on any atom is 0.129 e. The molecule has 0 aliphatic carbocycles. The van der Waals surface area contributed by atoms with Crippen LogP contribution in [-0.2, 0) is 0 Å². The summed E-state index contributed by atoms with van der Waals surface area (Å²) < 4.78 is 13.7. The zero-order valence-electron chi connectivity index (χ0n) is 10.2. The van der Waals surface area contributed by atoms with Crippen LogP contribution in [0.4, 0.5) is 4.39 Å². The molecule has 0 radical (unpaired) electrons. The van der Waals surface area contributed by atoms with Crippen LogP contribution < -0.4 is 5.32 Å². The minimum absolute atomic E-state index is 0.0196. The average Bonchev–Trinajstić information content (AvgIpc) is 2.60. The van der Waals surface area contributed by atoms with Crippen LogP contribution >= 0.6 is 0 Å². The molecule has 0 spiro atoms. The van der Waals surface area contributed by atoms with Gasteiger partial charge in [0.1, 0.15) is 5.82 Å². The van der Waals surface area contributed by atoms with Gasteiger partial charge in [-0.05, 0) is 32.4 Å². The van der Waals surface area contributed by atoms with Crippen molar-refractivity contribution >= 4 is 0 Å². The molecular formula is C14H20FNO. The standard InChI is InChI=1S/C14H20FNO/c1-10-6-7-12(15)11(9-10)14(17)13-5-3-2-4-8-16-13/h6-7,9,13-14,16-17H,2-5,8H2,1H3. The van der Waals surface area contributed by atoms with Crippen LogP contribution in [0.15, 0.2) is 18.2 Å². The molecule has 1 fully saturated rings. The Morgan fingerprint density at radius 1 is 1.35 bits per heavy atom. The molecule has 1 saturated heterocycles. The number of benzene rings is 1. The molecule has 2 N–H and O–H groups in total. The first-order valence-corrected chi connectivity index (χ1v) is 6.36. The highest BCUT2D eigenvalue weighted by Crippen LogP contribution is 2.25. The predicted molar refractivity (Wildman–Crippen MR) is 66.4 cm³/mol. The van der Waals surface area contributed by atoms with Crippen LogP contribution in [0.25, 0.3) is 0 Å². The summed E-state index contributed by atoms with van der Waals surface area (Å²) in [6.45, 7) is 2.82. The fourth-order valence-electron chi connectivity index (χ4n) is 2.43. The van der Waals surface area contributed by atoms with Crippen molar-refractivity contribution in [1.29, 1.82) is 0 Å². The van der Waals surface area contributed by atoms with Gasteiger partial charge in [0.25, 0.3) is 0 Å². The average molecular weight is 237 g/mol. The van der Waals surface area contributed by atoms with Gasteiger partial charge in [-0.1, -0.05) is 30.5 Å². The van der Waals surface area contributed by atoms with E-state index >= 15 is 0 Å². The van der Waals surface area contributed by atoms with E-state index in [-0.39, 0.29) is 11.9 Å². The second-order valence-electron chi connectivity index (χ2n) is 4.88. The molecule has 1 heterocycles. The van der Waals surface area contributed by atoms with Crippen molar-refractivity contribution in [3.05, 3.63) is 35.1 Å². The second-order valence-corrected chi connectivity index (χ2v) is 4.88. The molecule has 2 atom stereocenters. The molecule has 1 aromatic rings. The van der Waals surface area contributed by atoms with E-state index in [0.717, 1.165) is 31.4 Å². The van der Waals surface area contributed by atoms with Gasteiger partial charge in [-0.2, -0.15) is 0 Å². The van der Waals surface area contributed by atoms with Gasteiger partial charge in [0.15, 0.2) is 0 Å². The van der Waals surface area contributed by atoms with Crippen molar-refractivity contribution < 1.29 is 9.50 Å². The zero-order chi connectivity index (χ0) is 12.3. The Labute approximate surface area is 102 Å². The van der Waals surface area contributed by atoms with Crippen molar-refractivity contribution in [2.75, 3.05) is 6.54 Å². The SMILES string of the molecule is Cc1ccc(F)c(C(O)C2CCCCCN2)c1. The molecular weight excluding hydrogens is 217 g/mol. The molecule has 94 valence electrons. The largest absolute Gasteiger partial charge is 0.387 e. The van der Waals surface area contributed by atoms with E-state index in [2.05, 4.69) is 5.32 Å².